The third kappa shape index (κ3) is 2.01. The van der Waals surface area contributed by atoms with Gasteiger partial charge in [0, 0.05) is 6.54 Å². The summed E-state index contributed by atoms with van der Waals surface area (Å²) in [4.78, 5) is 15.4. The van der Waals surface area contributed by atoms with Crippen LogP contribution in [0.5, 0.6) is 5.75 Å². The van der Waals surface area contributed by atoms with Gasteiger partial charge in [-0.1, -0.05) is 18.5 Å². The normalized spacial score (nSPS) is 10.1. The van der Waals surface area contributed by atoms with Crippen LogP contribution in [-0.4, -0.2) is 16.7 Å². The van der Waals surface area contributed by atoms with Gasteiger partial charge < -0.3 is 4.74 Å². The number of hydrogen-bond donors (Lipinski definition) is 0. The lowest BCUT2D eigenvalue weighted by atomic mass is 10.4. The molecule has 1 aromatic rings. The maximum absolute atomic E-state index is 11.5. The van der Waals surface area contributed by atoms with Crippen molar-refractivity contribution >= 4 is 11.6 Å². The second-order valence-corrected chi connectivity index (χ2v) is 2.93. The molecule has 72 valence electrons. The minimum absolute atomic E-state index is 0.109. The van der Waals surface area contributed by atoms with Crippen LogP contribution >= 0.6 is 11.6 Å². The van der Waals surface area contributed by atoms with Gasteiger partial charge in [-0.2, -0.15) is 0 Å². The summed E-state index contributed by atoms with van der Waals surface area (Å²) in [6, 6.07) is 0. The van der Waals surface area contributed by atoms with E-state index in [1.807, 2.05) is 6.92 Å². The van der Waals surface area contributed by atoms with Gasteiger partial charge in [0.2, 0.25) is 5.75 Å². The zero-order chi connectivity index (χ0) is 9.84. The lowest BCUT2D eigenvalue weighted by Crippen LogP contribution is -2.21. The highest BCUT2D eigenvalue weighted by Gasteiger charge is 2.08. The Kier molecular flexibility index (Phi) is 3.31. The molecule has 0 aliphatic heterocycles. The number of rotatable bonds is 3. The second-order valence-electron chi connectivity index (χ2n) is 2.57. The first kappa shape index (κ1) is 10.1. The van der Waals surface area contributed by atoms with E-state index in [-0.39, 0.29) is 16.5 Å². The zero-order valence-corrected chi connectivity index (χ0v) is 8.34. The molecular formula is C8H11ClN2O2. The largest absolute Gasteiger partial charge is 0.489 e. The molecule has 0 bridgehead atoms. The summed E-state index contributed by atoms with van der Waals surface area (Å²) in [5.41, 5.74) is -0.232. The predicted molar refractivity (Wildman–Crippen MR) is 50.4 cm³/mol. The fourth-order valence-corrected chi connectivity index (χ4v) is 1.22. The van der Waals surface area contributed by atoms with Gasteiger partial charge in [-0.3, -0.25) is 9.36 Å². The first-order chi connectivity index (χ1) is 6.20. The Balaban J connectivity index is 3.20. The summed E-state index contributed by atoms with van der Waals surface area (Å²) in [6.45, 7) is 2.60. The maximum Gasteiger partial charge on any atom is 0.297 e. The third-order valence-corrected chi connectivity index (χ3v) is 1.89. The summed E-state index contributed by atoms with van der Waals surface area (Å²) in [6.07, 6.45) is 2.29. The predicted octanol–water partition coefficient (Wildman–Crippen LogP) is 1.32. The Labute approximate surface area is 81.1 Å². The van der Waals surface area contributed by atoms with E-state index in [4.69, 9.17) is 16.3 Å². The van der Waals surface area contributed by atoms with E-state index in [0.717, 1.165) is 6.42 Å². The summed E-state index contributed by atoms with van der Waals surface area (Å²) in [5, 5.41) is 0.111. The van der Waals surface area contributed by atoms with Crippen LogP contribution in [0.3, 0.4) is 0 Å². The third-order valence-electron chi connectivity index (χ3n) is 1.62. The monoisotopic (exact) mass is 202 g/mol. The lowest BCUT2D eigenvalue weighted by Gasteiger charge is -2.05. The zero-order valence-electron chi connectivity index (χ0n) is 7.58. The van der Waals surface area contributed by atoms with E-state index in [0.29, 0.717) is 6.54 Å². The highest BCUT2D eigenvalue weighted by Crippen LogP contribution is 2.14. The molecular weight excluding hydrogens is 192 g/mol. The van der Waals surface area contributed by atoms with Gasteiger partial charge in [-0.15, -0.1) is 0 Å². The van der Waals surface area contributed by atoms with Gasteiger partial charge in [0.15, 0.2) is 5.15 Å². The quantitative estimate of drug-likeness (QED) is 0.695. The Morgan fingerprint density at radius 2 is 2.38 bits per heavy atom. The van der Waals surface area contributed by atoms with E-state index in [9.17, 15) is 4.79 Å². The van der Waals surface area contributed by atoms with Gasteiger partial charge in [0.05, 0.1) is 13.4 Å². The number of hydrogen-bond acceptors (Lipinski definition) is 3. The Morgan fingerprint density at radius 3 is 2.92 bits per heavy atom. The average molecular weight is 203 g/mol. The minimum Gasteiger partial charge on any atom is -0.489 e. The molecule has 4 nitrogen and oxygen atoms in total. The van der Waals surface area contributed by atoms with Crippen molar-refractivity contribution in [2.45, 2.75) is 19.9 Å². The SMILES string of the molecule is CCCn1cnc(Cl)c(OC)c1=O. The first-order valence-corrected chi connectivity index (χ1v) is 4.37. The summed E-state index contributed by atoms with van der Waals surface area (Å²) < 4.78 is 6.31. The van der Waals surface area contributed by atoms with Crippen molar-refractivity contribution in [1.29, 1.82) is 0 Å². The highest BCUT2D eigenvalue weighted by molar-refractivity contribution is 6.30. The molecule has 0 atom stereocenters. The van der Waals surface area contributed by atoms with Gasteiger partial charge in [0.1, 0.15) is 0 Å². The van der Waals surface area contributed by atoms with Crippen LogP contribution in [0.2, 0.25) is 5.15 Å². The standard InChI is InChI=1S/C8H11ClN2O2/c1-3-4-11-5-10-7(9)6(13-2)8(11)12/h5H,3-4H2,1-2H3. The van der Waals surface area contributed by atoms with E-state index in [1.165, 1.54) is 18.0 Å². The van der Waals surface area contributed by atoms with Gasteiger partial charge in [-0.25, -0.2) is 4.98 Å². The molecule has 0 aliphatic rings. The molecule has 0 fully saturated rings. The van der Waals surface area contributed by atoms with Crippen LogP contribution in [0.1, 0.15) is 13.3 Å². The summed E-state index contributed by atoms with van der Waals surface area (Å²) in [5.74, 6) is 0.109. The molecule has 0 unspecified atom stereocenters. The first-order valence-electron chi connectivity index (χ1n) is 3.99. The van der Waals surface area contributed by atoms with Gasteiger partial charge in [0.25, 0.3) is 5.56 Å². The Hall–Kier alpha value is -1.03. The molecule has 13 heavy (non-hydrogen) atoms. The summed E-state index contributed by atoms with van der Waals surface area (Å²) >= 11 is 5.65. The van der Waals surface area contributed by atoms with E-state index in [1.54, 1.807) is 0 Å². The Bertz CT molecular complexity index is 348. The smallest absolute Gasteiger partial charge is 0.297 e. The molecule has 0 N–H and O–H groups in total. The van der Waals surface area contributed by atoms with Crippen molar-refractivity contribution in [2.24, 2.45) is 0 Å². The fourth-order valence-electron chi connectivity index (χ4n) is 1.02. The van der Waals surface area contributed by atoms with Gasteiger partial charge >= 0.3 is 0 Å². The van der Waals surface area contributed by atoms with E-state index < -0.39 is 0 Å². The van der Waals surface area contributed by atoms with E-state index in [2.05, 4.69) is 4.98 Å². The highest BCUT2D eigenvalue weighted by atomic mass is 35.5. The molecule has 0 saturated carbocycles. The molecule has 0 radical (unpaired) electrons. The maximum atomic E-state index is 11.5. The number of nitrogens with zero attached hydrogens (tertiary/aromatic N) is 2. The van der Waals surface area contributed by atoms with E-state index >= 15 is 0 Å². The van der Waals surface area contributed by atoms with Crippen LogP contribution in [0.4, 0.5) is 0 Å². The van der Waals surface area contributed by atoms with Crippen LogP contribution in [0.25, 0.3) is 0 Å². The molecule has 0 amide bonds. The molecule has 0 saturated heterocycles. The van der Waals surface area contributed by atoms with Crippen LogP contribution in [0.15, 0.2) is 11.1 Å². The molecule has 1 rings (SSSR count). The number of halogens is 1. The van der Waals surface area contributed by atoms with Crippen molar-refractivity contribution in [3.63, 3.8) is 0 Å². The topological polar surface area (TPSA) is 44.1 Å². The molecule has 0 spiro atoms. The van der Waals surface area contributed by atoms with Crippen molar-refractivity contribution in [2.75, 3.05) is 7.11 Å². The Morgan fingerprint density at radius 1 is 1.69 bits per heavy atom. The fraction of sp³-hybridized carbons (Fsp3) is 0.500. The van der Waals surface area contributed by atoms with Crippen LogP contribution in [0, 0.1) is 0 Å². The molecule has 1 aromatic heterocycles. The van der Waals surface area contributed by atoms with Crippen LogP contribution < -0.4 is 10.3 Å². The van der Waals surface area contributed by atoms with Crippen molar-refractivity contribution in [3.05, 3.63) is 21.8 Å². The summed E-state index contributed by atoms with van der Waals surface area (Å²) in [7, 11) is 1.40. The van der Waals surface area contributed by atoms with Crippen molar-refractivity contribution in [3.8, 4) is 5.75 Å². The molecule has 1 heterocycles. The van der Waals surface area contributed by atoms with Gasteiger partial charge in [-0.05, 0) is 6.42 Å². The number of ether oxygens (including phenoxy) is 1. The minimum atomic E-state index is -0.232. The van der Waals surface area contributed by atoms with Crippen molar-refractivity contribution in [1.82, 2.24) is 9.55 Å². The van der Waals surface area contributed by atoms with Crippen LogP contribution in [-0.2, 0) is 6.54 Å². The molecule has 0 aromatic carbocycles. The van der Waals surface area contributed by atoms with Crippen molar-refractivity contribution < 1.29 is 4.74 Å². The molecule has 0 aliphatic carbocycles. The number of aromatic nitrogens is 2. The second kappa shape index (κ2) is 4.28. The molecule has 5 heteroatoms. The lowest BCUT2D eigenvalue weighted by molar-refractivity contribution is 0.399. The number of aryl methyl sites for hydroxylation is 1. The average Bonchev–Trinajstić information content (AvgIpc) is 2.11. The number of methoxy groups -OCH3 is 1.